The fraction of sp³-hybridized carbons (Fsp3) is 0.259. The SMILES string of the molecule is NCC1CCC(n2nc(-c3ccc4ccc(-c5ccccc5)nc4c3F)c3c(N)ncnc32)CC1. The van der Waals surface area contributed by atoms with E-state index < -0.39 is 5.82 Å². The summed E-state index contributed by atoms with van der Waals surface area (Å²) in [4.78, 5) is 13.3. The van der Waals surface area contributed by atoms with E-state index in [4.69, 9.17) is 16.6 Å². The molecule has 1 aliphatic rings. The third-order valence-electron chi connectivity index (χ3n) is 7.14. The summed E-state index contributed by atoms with van der Waals surface area (Å²) < 4.78 is 18.0. The highest BCUT2D eigenvalue weighted by molar-refractivity contribution is 6.00. The first kappa shape index (κ1) is 21.6. The molecule has 4 N–H and O–H groups in total. The first-order valence-electron chi connectivity index (χ1n) is 12.0. The molecule has 0 atom stereocenters. The zero-order chi connectivity index (χ0) is 23.9. The van der Waals surface area contributed by atoms with Gasteiger partial charge < -0.3 is 11.5 Å². The Kier molecular flexibility index (Phi) is 5.37. The standard InChI is InChI=1S/C27H26FN7/c28-23-20(12-8-18-9-13-21(33-24(18)23)17-4-2-1-3-5-17)25-22-26(30)31-15-32-27(22)35(34-25)19-10-6-16(14-29)7-11-19/h1-5,8-9,12-13,15-16,19H,6-7,10-11,14,29H2,(H2,30,31,32). The van der Waals surface area contributed by atoms with Gasteiger partial charge in [-0.15, -0.1) is 0 Å². The Morgan fingerprint density at radius 3 is 2.49 bits per heavy atom. The number of hydrogen-bond acceptors (Lipinski definition) is 6. The molecule has 176 valence electrons. The van der Waals surface area contributed by atoms with E-state index in [2.05, 4.69) is 15.0 Å². The van der Waals surface area contributed by atoms with Crippen molar-refractivity contribution in [3.8, 4) is 22.5 Å². The second-order valence-corrected chi connectivity index (χ2v) is 9.22. The Morgan fingerprint density at radius 1 is 0.943 bits per heavy atom. The molecule has 0 radical (unpaired) electrons. The van der Waals surface area contributed by atoms with E-state index in [9.17, 15) is 0 Å². The number of fused-ring (bicyclic) bond motifs is 2. The molecule has 3 aromatic heterocycles. The largest absolute Gasteiger partial charge is 0.383 e. The van der Waals surface area contributed by atoms with Crippen molar-refractivity contribution in [2.75, 3.05) is 12.3 Å². The summed E-state index contributed by atoms with van der Waals surface area (Å²) >= 11 is 0. The maximum Gasteiger partial charge on any atom is 0.164 e. The van der Waals surface area contributed by atoms with Gasteiger partial charge in [0, 0.05) is 16.5 Å². The molecule has 1 saturated carbocycles. The van der Waals surface area contributed by atoms with Crippen LogP contribution in [0.25, 0.3) is 44.5 Å². The lowest BCUT2D eigenvalue weighted by Crippen LogP contribution is -2.24. The fourth-order valence-corrected chi connectivity index (χ4v) is 5.17. The first-order valence-corrected chi connectivity index (χ1v) is 12.0. The topological polar surface area (TPSA) is 109 Å². The third kappa shape index (κ3) is 3.70. The number of nitrogens with two attached hydrogens (primary N) is 2. The molecular formula is C27H26FN7. The van der Waals surface area contributed by atoms with Crippen molar-refractivity contribution in [1.82, 2.24) is 24.7 Å². The van der Waals surface area contributed by atoms with Gasteiger partial charge in [0.1, 0.15) is 23.4 Å². The minimum atomic E-state index is -0.429. The Morgan fingerprint density at radius 2 is 1.71 bits per heavy atom. The second kappa shape index (κ2) is 8.70. The fourth-order valence-electron chi connectivity index (χ4n) is 5.17. The molecule has 2 aromatic carbocycles. The van der Waals surface area contributed by atoms with Crippen LogP contribution in [-0.2, 0) is 0 Å². The molecule has 0 unspecified atom stereocenters. The Labute approximate surface area is 202 Å². The van der Waals surface area contributed by atoms with Gasteiger partial charge in [0.05, 0.1) is 17.1 Å². The number of nitrogens with zero attached hydrogens (tertiary/aromatic N) is 5. The van der Waals surface area contributed by atoms with E-state index in [0.29, 0.717) is 46.0 Å². The van der Waals surface area contributed by atoms with Crippen molar-refractivity contribution in [1.29, 1.82) is 0 Å². The highest BCUT2D eigenvalue weighted by Gasteiger charge is 2.27. The predicted octanol–water partition coefficient (Wildman–Crippen LogP) is 5.12. The lowest BCUT2D eigenvalue weighted by Gasteiger charge is -2.27. The van der Waals surface area contributed by atoms with E-state index in [1.807, 2.05) is 53.2 Å². The van der Waals surface area contributed by atoms with E-state index >= 15 is 4.39 Å². The van der Waals surface area contributed by atoms with Crippen molar-refractivity contribution in [2.24, 2.45) is 11.7 Å². The molecule has 35 heavy (non-hydrogen) atoms. The van der Waals surface area contributed by atoms with Crippen LogP contribution < -0.4 is 11.5 Å². The molecule has 0 aliphatic heterocycles. The zero-order valence-corrected chi connectivity index (χ0v) is 19.2. The third-order valence-corrected chi connectivity index (χ3v) is 7.14. The molecule has 1 aliphatic carbocycles. The highest BCUT2D eigenvalue weighted by Crippen LogP contribution is 2.39. The van der Waals surface area contributed by atoms with Crippen molar-refractivity contribution in [2.45, 2.75) is 31.7 Å². The van der Waals surface area contributed by atoms with Gasteiger partial charge in [-0.3, -0.25) is 0 Å². The smallest absolute Gasteiger partial charge is 0.164 e. The number of anilines is 1. The van der Waals surface area contributed by atoms with E-state index in [0.717, 1.165) is 36.6 Å². The summed E-state index contributed by atoms with van der Waals surface area (Å²) in [7, 11) is 0. The molecule has 3 heterocycles. The van der Waals surface area contributed by atoms with Crippen molar-refractivity contribution >= 4 is 27.8 Å². The van der Waals surface area contributed by atoms with Crippen LogP contribution in [-0.4, -0.2) is 31.3 Å². The average molecular weight is 468 g/mol. The molecule has 1 fully saturated rings. The van der Waals surface area contributed by atoms with Crippen LogP contribution in [0.1, 0.15) is 31.7 Å². The van der Waals surface area contributed by atoms with Crippen LogP contribution in [0.4, 0.5) is 10.2 Å². The summed E-state index contributed by atoms with van der Waals surface area (Å²) in [6.45, 7) is 0.702. The monoisotopic (exact) mass is 467 g/mol. The van der Waals surface area contributed by atoms with Crippen LogP contribution in [0.2, 0.25) is 0 Å². The quantitative estimate of drug-likeness (QED) is 0.380. The normalized spacial score (nSPS) is 18.3. The van der Waals surface area contributed by atoms with Gasteiger partial charge in [0.25, 0.3) is 0 Å². The predicted molar refractivity (Wildman–Crippen MR) is 136 cm³/mol. The number of aromatic nitrogens is 5. The second-order valence-electron chi connectivity index (χ2n) is 9.22. The van der Waals surface area contributed by atoms with Crippen molar-refractivity contribution in [3.63, 3.8) is 0 Å². The molecular weight excluding hydrogens is 441 g/mol. The van der Waals surface area contributed by atoms with Gasteiger partial charge in [0.15, 0.2) is 11.5 Å². The molecule has 0 amide bonds. The van der Waals surface area contributed by atoms with Gasteiger partial charge in [-0.2, -0.15) is 5.10 Å². The van der Waals surface area contributed by atoms with Gasteiger partial charge in [0.2, 0.25) is 0 Å². The van der Waals surface area contributed by atoms with Crippen LogP contribution >= 0.6 is 0 Å². The van der Waals surface area contributed by atoms with Crippen molar-refractivity contribution < 1.29 is 4.39 Å². The average Bonchev–Trinajstić information content (AvgIpc) is 3.30. The molecule has 6 rings (SSSR count). The Bertz CT molecular complexity index is 1520. The number of hydrogen-bond donors (Lipinski definition) is 2. The van der Waals surface area contributed by atoms with E-state index in [1.165, 1.54) is 6.33 Å². The minimum Gasteiger partial charge on any atom is -0.383 e. The maximum absolute atomic E-state index is 16.1. The van der Waals surface area contributed by atoms with Gasteiger partial charge in [-0.25, -0.2) is 24.0 Å². The van der Waals surface area contributed by atoms with E-state index in [1.54, 1.807) is 6.07 Å². The summed E-state index contributed by atoms with van der Waals surface area (Å²) in [5.41, 5.74) is 15.5. The highest BCUT2D eigenvalue weighted by atomic mass is 19.1. The molecule has 8 heteroatoms. The van der Waals surface area contributed by atoms with Crippen LogP contribution in [0.3, 0.4) is 0 Å². The van der Waals surface area contributed by atoms with Crippen LogP contribution in [0.15, 0.2) is 60.9 Å². The summed E-state index contributed by atoms with van der Waals surface area (Å²) in [5, 5.41) is 6.17. The Balaban J connectivity index is 1.50. The lowest BCUT2D eigenvalue weighted by molar-refractivity contribution is 0.269. The maximum atomic E-state index is 16.1. The number of rotatable bonds is 4. The summed E-state index contributed by atoms with van der Waals surface area (Å²) in [5.74, 6) is 0.398. The molecule has 0 bridgehead atoms. The number of halogens is 1. The van der Waals surface area contributed by atoms with Crippen LogP contribution in [0, 0.1) is 11.7 Å². The Hall–Kier alpha value is -3.91. The summed E-state index contributed by atoms with van der Waals surface area (Å²) in [6, 6.07) is 17.3. The first-order chi connectivity index (χ1) is 17.1. The molecule has 0 saturated heterocycles. The van der Waals surface area contributed by atoms with E-state index in [-0.39, 0.29) is 11.9 Å². The molecule has 7 nitrogen and oxygen atoms in total. The summed E-state index contributed by atoms with van der Waals surface area (Å²) in [6.07, 6.45) is 5.41. The zero-order valence-electron chi connectivity index (χ0n) is 19.2. The minimum absolute atomic E-state index is 0.162. The number of pyridine rings is 1. The number of benzene rings is 2. The van der Waals surface area contributed by atoms with Crippen LogP contribution in [0.5, 0.6) is 0 Å². The lowest BCUT2D eigenvalue weighted by atomic mass is 9.86. The van der Waals surface area contributed by atoms with Gasteiger partial charge >= 0.3 is 0 Å². The van der Waals surface area contributed by atoms with Gasteiger partial charge in [-0.1, -0.05) is 42.5 Å². The van der Waals surface area contributed by atoms with Gasteiger partial charge in [-0.05, 0) is 50.3 Å². The van der Waals surface area contributed by atoms with Crippen molar-refractivity contribution in [3.05, 3.63) is 66.7 Å². The molecule has 5 aromatic rings. The number of nitrogen functional groups attached to an aromatic ring is 1. The molecule has 0 spiro atoms.